The Morgan fingerprint density at radius 2 is 2.17 bits per heavy atom. The van der Waals surface area contributed by atoms with Crippen molar-refractivity contribution >= 4 is 23.2 Å². The molecule has 0 aromatic carbocycles. The highest BCUT2D eigenvalue weighted by Gasteiger charge is 2.59. The quantitative estimate of drug-likeness (QED) is 0.916. The Labute approximate surface area is 138 Å². The Hall–Kier alpha value is -1.47. The molecule has 2 unspecified atom stereocenters. The molecule has 3 fully saturated rings. The average molecular weight is 336 g/mol. The van der Waals surface area contributed by atoms with Crippen molar-refractivity contribution in [3.05, 3.63) is 16.1 Å². The monoisotopic (exact) mass is 336 g/mol. The Balaban J connectivity index is 1.38. The van der Waals surface area contributed by atoms with Crippen LogP contribution in [0.2, 0.25) is 0 Å². The molecule has 124 valence electrons. The molecule has 1 saturated carbocycles. The smallest absolute Gasteiger partial charge is 0.307 e. The summed E-state index contributed by atoms with van der Waals surface area (Å²) in [5.41, 5.74) is -0.0425. The summed E-state index contributed by atoms with van der Waals surface area (Å²) in [6.45, 7) is 2.07. The number of amides is 1. The van der Waals surface area contributed by atoms with Crippen molar-refractivity contribution in [1.82, 2.24) is 9.88 Å². The lowest BCUT2D eigenvalue weighted by molar-refractivity contribution is -0.139. The molecule has 6 nitrogen and oxygen atoms in total. The van der Waals surface area contributed by atoms with Crippen molar-refractivity contribution in [2.75, 3.05) is 19.7 Å². The molecule has 3 aliphatic rings. The van der Waals surface area contributed by atoms with Crippen LogP contribution in [-0.4, -0.2) is 46.6 Å². The first kappa shape index (κ1) is 15.1. The molecule has 2 atom stereocenters. The number of ether oxygens (including phenoxy) is 1. The first-order valence-electron chi connectivity index (χ1n) is 8.18. The highest BCUT2D eigenvalue weighted by molar-refractivity contribution is 7.13. The molecule has 1 aliphatic carbocycles. The number of carbonyl (C=O) groups is 2. The number of hydrogen-bond acceptors (Lipinski definition) is 5. The number of piperidine rings is 1. The standard InChI is InChI=1S/C16H20N2O4S/c19-14(12-9-17-13(23-12)11-2-1-7-22-11)18-5-3-16(4-6-18)8-10(16)15(20)21/h9-11H,1-8H2,(H,20,21). The summed E-state index contributed by atoms with van der Waals surface area (Å²) in [5, 5.41) is 10.0. The Bertz CT molecular complexity index is 630. The van der Waals surface area contributed by atoms with Crippen LogP contribution >= 0.6 is 11.3 Å². The van der Waals surface area contributed by atoms with Crippen molar-refractivity contribution in [2.45, 2.75) is 38.2 Å². The summed E-state index contributed by atoms with van der Waals surface area (Å²) in [5.74, 6) is -0.864. The van der Waals surface area contributed by atoms with Crippen molar-refractivity contribution in [2.24, 2.45) is 11.3 Å². The van der Waals surface area contributed by atoms with E-state index in [1.807, 2.05) is 4.90 Å². The number of hydrogen-bond donors (Lipinski definition) is 1. The molecule has 2 saturated heterocycles. The molecule has 4 rings (SSSR count). The van der Waals surface area contributed by atoms with Crippen LogP contribution in [0.4, 0.5) is 0 Å². The Morgan fingerprint density at radius 1 is 1.39 bits per heavy atom. The zero-order valence-electron chi connectivity index (χ0n) is 12.9. The number of rotatable bonds is 3. The van der Waals surface area contributed by atoms with Gasteiger partial charge in [0, 0.05) is 19.7 Å². The van der Waals surface area contributed by atoms with E-state index in [4.69, 9.17) is 9.84 Å². The van der Waals surface area contributed by atoms with Gasteiger partial charge in [-0.1, -0.05) is 0 Å². The summed E-state index contributed by atoms with van der Waals surface area (Å²) in [4.78, 5) is 30.6. The minimum absolute atomic E-state index is 0.0223. The molecule has 1 N–H and O–H groups in total. The molecular formula is C16H20N2O4S. The van der Waals surface area contributed by atoms with Gasteiger partial charge in [0.2, 0.25) is 0 Å². The molecule has 0 radical (unpaired) electrons. The molecule has 1 aromatic heterocycles. The predicted octanol–water partition coefficient (Wildman–Crippen LogP) is 2.32. The van der Waals surface area contributed by atoms with Gasteiger partial charge in [0.1, 0.15) is 16.0 Å². The van der Waals surface area contributed by atoms with Crippen LogP contribution in [0.3, 0.4) is 0 Å². The topological polar surface area (TPSA) is 79.7 Å². The van der Waals surface area contributed by atoms with Gasteiger partial charge >= 0.3 is 5.97 Å². The van der Waals surface area contributed by atoms with Crippen molar-refractivity contribution < 1.29 is 19.4 Å². The first-order valence-corrected chi connectivity index (χ1v) is 9.00. The van der Waals surface area contributed by atoms with Gasteiger partial charge in [0.25, 0.3) is 5.91 Å². The third-order valence-corrected chi connectivity index (χ3v) is 6.55. The maximum Gasteiger partial charge on any atom is 0.307 e. The van der Waals surface area contributed by atoms with Gasteiger partial charge in [-0.25, -0.2) is 4.98 Å². The van der Waals surface area contributed by atoms with E-state index in [9.17, 15) is 9.59 Å². The van der Waals surface area contributed by atoms with Crippen LogP contribution in [0.25, 0.3) is 0 Å². The lowest BCUT2D eigenvalue weighted by atomic mass is 9.91. The molecule has 3 heterocycles. The molecule has 23 heavy (non-hydrogen) atoms. The minimum Gasteiger partial charge on any atom is -0.481 e. The van der Waals surface area contributed by atoms with Crippen molar-refractivity contribution in [1.29, 1.82) is 0 Å². The normalized spacial score (nSPS) is 29.0. The van der Waals surface area contributed by atoms with E-state index >= 15 is 0 Å². The van der Waals surface area contributed by atoms with Gasteiger partial charge in [-0.3, -0.25) is 9.59 Å². The number of aliphatic carboxylic acids is 1. The molecular weight excluding hydrogens is 316 g/mol. The van der Waals surface area contributed by atoms with Gasteiger partial charge in [0.05, 0.1) is 12.1 Å². The second kappa shape index (κ2) is 5.56. The number of likely N-dealkylation sites (tertiary alicyclic amines) is 1. The molecule has 1 spiro atoms. The van der Waals surface area contributed by atoms with Gasteiger partial charge < -0.3 is 14.7 Å². The molecule has 0 bridgehead atoms. The maximum absolute atomic E-state index is 12.6. The molecule has 1 aromatic rings. The summed E-state index contributed by atoms with van der Waals surface area (Å²) < 4.78 is 5.61. The Kier molecular flexibility index (Phi) is 3.65. The number of aromatic nitrogens is 1. The van der Waals surface area contributed by atoms with Crippen LogP contribution in [0.1, 0.15) is 52.9 Å². The number of carboxylic acid groups (broad SMARTS) is 1. The highest BCUT2D eigenvalue weighted by Crippen LogP contribution is 2.59. The molecule has 7 heteroatoms. The first-order chi connectivity index (χ1) is 11.1. The number of carbonyl (C=O) groups excluding carboxylic acids is 1. The van der Waals surface area contributed by atoms with Crippen LogP contribution in [0.15, 0.2) is 6.20 Å². The van der Waals surface area contributed by atoms with Crippen LogP contribution < -0.4 is 0 Å². The van der Waals surface area contributed by atoms with E-state index in [1.165, 1.54) is 11.3 Å². The fraction of sp³-hybridized carbons (Fsp3) is 0.688. The predicted molar refractivity (Wildman–Crippen MR) is 83.4 cm³/mol. The second-order valence-electron chi connectivity index (χ2n) is 6.81. The summed E-state index contributed by atoms with van der Waals surface area (Å²) in [6, 6.07) is 0. The summed E-state index contributed by atoms with van der Waals surface area (Å²) >= 11 is 1.43. The van der Waals surface area contributed by atoms with Gasteiger partial charge in [0.15, 0.2) is 0 Å². The lowest BCUT2D eigenvalue weighted by Gasteiger charge is -2.32. The van der Waals surface area contributed by atoms with E-state index in [2.05, 4.69) is 4.98 Å². The third-order valence-electron chi connectivity index (χ3n) is 5.47. The summed E-state index contributed by atoms with van der Waals surface area (Å²) in [6.07, 6.45) is 6.10. The molecule has 2 aliphatic heterocycles. The van der Waals surface area contributed by atoms with E-state index in [0.29, 0.717) is 18.0 Å². The number of nitrogens with zero attached hydrogens (tertiary/aromatic N) is 2. The highest BCUT2D eigenvalue weighted by atomic mass is 32.1. The van der Waals surface area contributed by atoms with Crippen LogP contribution in [0, 0.1) is 11.3 Å². The van der Waals surface area contributed by atoms with Gasteiger partial charge in [-0.15, -0.1) is 11.3 Å². The van der Waals surface area contributed by atoms with E-state index in [1.54, 1.807) is 6.20 Å². The number of thiazole rings is 1. The van der Waals surface area contributed by atoms with Gasteiger partial charge in [-0.2, -0.15) is 0 Å². The third kappa shape index (κ3) is 2.65. The SMILES string of the molecule is O=C(O)C1CC12CCN(C(=O)c1cnc(C3CCCO3)s1)CC2. The zero-order valence-corrected chi connectivity index (χ0v) is 13.7. The van der Waals surface area contributed by atoms with Crippen molar-refractivity contribution in [3.8, 4) is 0 Å². The zero-order chi connectivity index (χ0) is 16.0. The lowest BCUT2D eigenvalue weighted by Crippen LogP contribution is -2.39. The average Bonchev–Trinajstić information content (AvgIpc) is 2.98. The maximum atomic E-state index is 12.6. The Morgan fingerprint density at radius 3 is 2.78 bits per heavy atom. The molecule has 1 amide bonds. The van der Waals surface area contributed by atoms with E-state index < -0.39 is 5.97 Å². The minimum atomic E-state index is -0.687. The van der Waals surface area contributed by atoms with E-state index in [0.717, 1.165) is 43.7 Å². The van der Waals surface area contributed by atoms with Crippen molar-refractivity contribution in [3.63, 3.8) is 0 Å². The summed E-state index contributed by atoms with van der Waals surface area (Å²) in [7, 11) is 0. The number of carboxylic acids is 1. The van der Waals surface area contributed by atoms with E-state index in [-0.39, 0.29) is 23.3 Å². The van der Waals surface area contributed by atoms with Gasteiger partial charge in [-0.05, 0) is 37.5 Å². The fourth-order valence-corrected chi connectivity index (χ4v) is 4.84. The largest absolute Gasteiger partial charge is 0.481 e. The fourth-order valence-electron chi connectivity index (χ4n) is 3.87. The van der Waals surface area contributed by atoms with Crippen LogP contribution in [0.5, 0.6) is 0 Å². The second-order valence-corrected chi connectivity index (χ2v) is 7.88. The van der Waals surface area contributed by atoms with Crippen LogP contribution in [-0.2, 0) is 9.53 Å².